The smallest absolute Gasteiger partial charge is 0.337 e. The second-order valence-corrected chi connectivity index (χ2v) is 5.05. The zero-order chi connectivity index (χ0) is 16.0. The largest absolute Gasteiger partial charge is 0.416 e. The van der Waals surface area contributed by atoms with Gasteiger partial charge in [0, 0.05) is 45.0 Å². The molecule has 8 heteroatoms. The van der Waals surface area contributed by atoms with Crippen LogP contribution in [0.4, 0.5) is 23.7 Å². The van der Waals surface area contributed by atoms with Gasteiger partial charge in [-0.2, -0.15) is 13.2 Å². The molecule has 0 aromatic heterocycles. The number of carbonyl (C=O) groups is 1. The monoisotopic (exact) mass is 316 g/mol. The average molecular weight is 316 g/mol. The molecule has 1 aliphatic heterocycles. The minimum Gasteiger partial charge on any atom is -0.337 e. The number of anilines is 1. The van der Waals surface area contributed by atoms with E-state index < -0.39 is 17.8 Å². The molecule has 5 nitrogen and oxygen atoms in total. The highest BCUT2D eigenvalue weighted by molar-refractivity contribution is 5.89. The Hall–Kier alpha value is -1.80. The van der Waals surface area contributed by atoms with E-state index in [-0.39, 0.29) is 5.69 Å². The third-order valence-electron chi connectivity index (χ3n) is 3.37. The first-order valence-electron chi connectivity index (χ1n) is 7.10. The van der Waals surface area contributed by atoms with Gasteiger partial charge in [-0.1, -0.05) is 6.07 Å². The molecule has 2 amide bonds. The van der Waals surface area contributed by atoms with Crippen LogP contribution in [0.1, 0.15) is 5.56 Å². The van der Waals surface area contributed by atoms with E-state index in [1.54, 1.807) is 0 Å². The second kappa shape index (κ2) is 7.46. The molecule has 1 aromatic rings. The van der Waals surface area contributed by atoms with Gasteiger partial charge in [0.05, 0.1) is 5.56 Å². The molecule has 0 aliphatic carbocycles. The molecule has 3 N–H and O–H groups in total. The van der Waals surface area contributed by atoms with Crippen LogP contribution in [-0.2, 0) is 6.18 Å². The van der Waals surface area contributed by atoms with Crippen LogP contribution in [0, 0.1) is 0 Å². The van der Waals surface area contributed by atoms with Crippen molar-refractivity contribution in [3.05, 3.63) is 29.8 Å². The van der Waals surface area contributed by atoms with E-state index in [4.69, 9.17) is 0 Å². The Morgan fingerprint density at radius 3 is 2.68 bits per heavy atom. The van der Waals surface area contributed by atoms with Crippen molar-refractivity contribution in [3.8, 4) is 0 Å². The van der Waals surface area contributed by atoms with Crippen LogP contribution >= 0.6 is 0 Å². The molecule has 1 aromatic carbocycles. The summed E-state index contributed by atoms with van der Waals surface area (Å²) in [6.45, 7) is 4.88. The maximum atomic E-state index is 12.6. The van der Waals surface area contributed by atoms with Crippen molar-refractivity contribution in [3.63, 3.8) is 0 Å². The molecule has 2 rings (SSSR count). The lowest BCUT2D eigenvalue weighted by molar-refractivity contribution is -0.137. The summed E-state index contributed by atoms with van der Waals surface area (Å²) in [5.74, 6) is 0. The Morgan fingerprint density at radius 1 is 1.27 bits per heavy atom. The van der Waals surface area contributed by atoms with Crippen LogP contribution in [0.5, 0.6) is 0 Å². The molecule has 1 fully saturated rings. The van der Waals surface area contributed by atoms with Gasteiger partial charge in [0.25, 0.3) is 0 Å². The summed E-state index contributed by atoms with van der Waals surface area (Å²) >= 11 is 0. The molecule has 0 saturated carbocycles. The highest BCUT2D eigenvalue weighted by Crippen LogP contribution is 2.30. The van der Waals surface area contributed by atoms with Crippen molar-refractivity contribution in [1.29, 1.82) is 0 Å². The van der Waals surface area contributed by atoms with Gasteiger partial charge in [0.2, 0.25) is 0 Å². The van der Waals surface area contributed by atoms with E-state index >= 15 is 0 Å². The lowest BCUT2D eigenvalue weighted by Gasteiger charge is -2.27. The number of hydrogen-bond donors (Lipinski definition) is 3. The fraction of sp³-hybridized carbons (Fsp3) is 0.500. The predicted molar refractivity (Wildman–Crippen MR) is 77.8 cm³/mol. The fourth-order valence-electron chi connectivity index (χ4n) is 2.21. The van der Waals surface area contributed by atoms with Crippen LogP contribution in [0.3, 0.4) is 0 Å². The normalized spacial score (nSPS) is 16.3. The Kier molecular flexibility index (Phi) is 5.62. The predicted octanol–water partition coefficient (Wildman–Crippen LogP) is 1.73. The lowest BCUT2D eigenvalue weighted by Crippen LogP contribution is -2.46. The number of nitrogens with zero attached hydrogens (tertiary/aromatic N) is 1. The minimum absolute atomic E-state index is 0.120. The molecular weight excluding hydrogens is 297 g/mol. The van der Waals surface area contributed by atoms with E-state index in [1.807, 2.05) is 0 Å². The minimum atomic E-state index is -4.42. The number of urea groups is 1. The van der Waals surface area contributed by atoms with E-state index in [0.29, 0.717) is 6.54 Å². The Balaban J connectivity index is 1.77. The first-order chi connectivity index (χ1) is 10.4. The van der Waals surface area contributed by atoms with E-state index in [0.717, 1.165) is 44.9 Å². The molecule has 22 heavy (non-hydrogen) atoms. The fourth-order valence-corrected chi connectivity index (χ4v) is 2.21. The number of hydrogen-bond acceptors (Lipinski definition) is 3. The zero-order valence-electron chi connectivity index (χ0n) is 12.0. The maximum absolute atomic E-state index is 12.6. The number of amides is 2. The van der Waals surface area contributed by atoms with Crippen LogP contribution < -0.4 is 16.0 Å². The van der Waals surface area contributed by atoms with E-state index in [1.165, 1.54) is 12.1 Å². The van der Waals surface area contributed by atoms with Gasteiger partial charge in [-0.3, -0.25) is 4.90 Å². The Morgan fingerprint density at radius 2 is 2.00 bits per heavy atom. The van der Waals surface area contributed by atoms with Gasteiger partial charge >= 0.3 is 12.2 Å². The quantitative estimate of drug-likeness (QED) is 0.793. The van der Waals surface area contributed by atoms with Gasteiger partial charge in [-0.25, -0.2) is 4.79 Å². The number of piperazine rings is 1. The Labute approximate surface area is 126 Å². The molecule has 0 spiro atoms. The van der Waals surface area contributed by atoms with Crippen LogP contribution in [-0.4, -0.2) is 50.2 Å². The van der Waals surface area contributed by atoms with Crippen molar-refractivity contribution in [2.75, 3.05) is 44.6 Å². The summed E-state index contributed by atoms with van der Waals surface area (Å²) < 4.78 is 37.7. The van der Waals surface area contributed by atoms with Crippen LogP contribution in [0.15, 0.2) is 24.3 Å². The number of benzene rings is 1. The van der Waals surface area contributed by atoms with Crippen molar-refractivity contribution in [2.45, 2.75) is 6.18 Å². The van der Waals surface area contributed by atoms with Crippen LogP contribution in [0.25, 0.3) is 0 Å². The molecule has 0 radical (unpaired) electrons. The van der Waals surface area contributed by atoms with Crippen molar-refractivity contribution < 1.29 is 18.0 Å². The van der Waals surface area contributed by atoms with Crippen molar-refractivity contribution >= 4 is 11.7 Å². The molecule has 1 heterocycles. The number of nitrogens with one attached hydrogen (secondary N) is 3. The molecular formula is C14H19F3N4O. The maximum Gasteiger partial charge on any atom is 0.416 e. The summed E-state index contributed by atoms with van der Waals surface area (Å²) in [6, 6.07) is 4.06. The highest BCUT2D eigenvalue weighted by Gasteiger charge is 2.30. The second-order valence-electron chi connectivity index (χ2n) is 5.05. The van der Waals surface area contributed by atoms with Gasteiger partial charge in [0.15, 0.2) is 0 Å². The number of alkyl halides is 3. The summed E-state index contributed by atoms with van der Waals surface area (Å²) in [7, 11) is 0. The lowest BCUT2D eigenvalue weighted by atomic mass is 10.2. The van der Waals surface area contributed by atoms with E-state index in [2.05, 4.69) is 20.9 Å². The average Bonchev–Trinajstić information content (AvgIpc) is 2.48. The van der Waals surface area contributed by atoms with Crippen molar-refractivity contribution in [2.24, 2.45) is 0 Å². The number of halogens is 3. The summed E-state index contributed by atoms with van der Waals surface area (Å²) in [5.41, 5.74) is -0.666. The topological polar surface area (TPSA) is 56.4 Å². The first-order valence-corrected chi connectivity index (χ1v) is 7.10. The van der Waals surface area contributed by atoms with Gasteiger partial charge in [-0.15, -0.1) is 0 Å². The molecule has 1 saturated heterocycles. The molecule has 1 aliphatic rings. The molecule has 0 bridgehead atoms. The summed E-state index contributed by atoms with van der Waals surface area (Å²) in [6.07, 6.45) is -4.42. The zero-order valence-corrected chi connectivity index (χ0v) is 12.0. The molecule has 122 valence electrons. The van der Waals surface area contributed by atoms with Gasteiger partial charge in [0.1, 0.15) is 0 Å². The molecule has 0 atom stereocenters. The number of rotatable bonds is 4. The third-order valence-corrected chi connectivity index (χ3v) is 3.37. The van der Waals surface area contributed by atoms with Crippen LogP contribution in [0.2, 0.25) is 0 Å². The highest BCUT2D eigenvalue weighted by atomic mass is 19.4. The number of carbonyl (C=O) groups excluding carboxylic acids is 1. The molecule has 0 unspecified atom stereocenters. The summed E-state index contributed by atoms with van der Waals surface area (Å²) in [5, 5.41) is 8.29. The SMILES string of the molecule is O=C(NCCN1CCNCC1)Nc1cccc(C(F)(F)F)c1. The van der Waals surface area contributed by atoms with E-state index in [9.17, 15) is 18.0 Å². The van der Waals surface area contributed by atoms with Gasteiger partial charge < -0.3 is 16.0 Å². The van der Waals surface area contributed by atoms with Gasteiger partial charge in [-0.05, 0) is 18.2 Å². The first kappa shape index (κ1) is 16.6. The van der Waals surface area contributed by atoms with Crippen molar-refractivity contribution in [1.82, 2.24) is 15.5 Å². The Bertz CT molecular complexity index is 501. The summed E-state index contributed by atoms with van der Waals surface area (Å²) in [4.78, 5) is 13.9. The standard InChI is InChI=1S/C14H19F3N4O/c15-14(16,17)11-2-1-3-12(10-11)20-13(22)19-6-9-21-7-4-18-5-8-21/h1-3,10,18H,4-9H2,(H2,19,20,22). The third kappa shape index (κ3) is 5.19.